The van der Waals surface area contributed by atoms with Crippen LogP contribution < -0.4 is 4.72 Å². The fourth-order valence-corrected chi connectivity index (χ4v) is 3.99. The van der Waals surface area contributed by atoms with Crippen molar-refractivity contribution in [1.29, 1.82) is 0 Å². The Kier molecular flexibility index (Phi) is 5.89. The fraction of sp³-hybridized carbons (Fsp3) is 0.400. The van der Waals surface area contributed by atoms with Crippen LogP contribution in [-0.2, 0) is 40.9 Å². The van der Waals surface area contributed by atoms with Gasteiger partial charge in [-0.3, -0.25) is 0 Å². The standard InChI is InChI=1S/C10H14NO3S.Hg/c1-9(14-2)8-11-15(12,13)10-6-4-3-5-7-10;/h3-7,9,11H,1,8H2,2H3;. The first-order valence-electron chi connectivity index (χ1n) is 4.97. The summed E-state index contributed by atoms with van der Waals surface area (Å²) in [7, 11) is -1.78. The monoisotopic (exact) mass is 430 g/mol. The van der Waals surface area contributed by atoms with Gasteiger partial charge in [0.1, 0.15) is 0 Å². The molecule has 1 rings (SSSR count). The molecule has 4 nitrogen and oxygen atoms in total. The summed E-state index contributed by atoms with van der Waals surface area (Å²) in [4.78, 5) is 0.295. The predicted octanol–water partition coefficient (Wildman–Crippen LogP) is 0.945. The number of hydrogen-bond donors (Lipinski definition) is 1. The zero-order chi connectivity index (χ0) is 12.0. The van der Waals surface area contributed by atoms with E-state index in [0.29, 0.717) is 37.6 Å². The molecule has 0 spiro atoms. The number of benzene rings is 1. The molecule has 16 heavy (non-hydrogen) atoms. The van der Waals surface area contributed by atoms with Crippen molar-refractivity contribution in [2.24, 2.45) is 0 Å². The molecule has 0 bridgehead atoms. The summed E-state index contributed by atoms with van der Waals surface area (Å²) >= 11 is 0.611. The molecule has 0 fully saturated rings. The Balaban J connectivity index is 2.67. The van der Waals surface area contributed by atoms with Crippen molar-refractivity contribution in [3.63, 3.8) is 0 Å². The second-order valence-electron chi connectivity index (χ2n) is 3.31. The van der Waals surface area contributed by atoms with Crippen LogP contribution in [0.3, 0.4) is 0 Å². The van der Waals surface area contributed by atoms with E-state index in [9.17, 15) is 8.42 Å². The molecule has 0 saturated carbocycles. The molecule has 0 saturated heterocycles. The summed E-state index contributed by atoms with van der Waals surface area (Å²) < 4.78 is 32.3. The van der Waals surface area contributed by atoms with E-state index in [1.165, 1.54) is 0 Å². The van der Waals surface area contributed by atoms with E-state index in [0.717, 1.165) is 3.93 Å². The van der Waals surface area contributed by atoms with Gasteiger partial charge in [-0.2, -0.15) is 0 Å². The minimum absolute atomic E-state index is 0.00169. The van der Waals surface area contributed by atoms with Crippen LogP contribution in [0.15, 0.2) is 35.2 Å². The van der Waals surface area contributed by atoms with Crippen LogP contribution in [-0.4, -0.2) is 28.2 Å². The molecule has 0 radical (unpaired) electrons. The number of rotatable bonds is 6. The fourth-order valence-electron chi connectivity index (χ4n) is 1.19. The summed E-state index contributed by atoms with van der Waals surface area (Å²) in [6, 6.07) is 8.36. The topological polar surface area (TPSA) is 55.4 Å². The van der Waals surface area contributed by atoms with Crippen LogP contribution in [0.5, 0.6) is 0 Å². The van der Waals surface area contributed by atoms with Crippen molar-refractivity contribution in [2.45, 2.75) is 14.9 Å². The van der Waals surface area contributed by atoms with E-state index in [1.54, 1.807) is 37.4 Å². The van der Waals surface area contributed by atoms with Gasteiger partial charge in [-0.15, -0.1) is 0 Å². The number of hydrogen-bond acceptors (Lipinski definition) is 3. The van der Waals surface area contributed by atoms with E-state index in [2.05, 4.69) is 4.72 Å². The van der Waals surface area contributed by atoms with E-state index in [-0.39, 0.29) is 6.10 Å². The summed E-state index contributed by atoms with van der Waals surface area (Å²) in [6.45, 7) is 0.344. The molecule has 85 valence electrons. The summed E-state index contributed by atoms with van der Waals surface area (Å²) in [5.41, 5.74) is 0. The van der Waals surface area contributed by atoms with Gasteiger partial charge in [0.15, 0.2) is 0 Å². The maximum atomic E-state index is 11.8. The average Bonchev–Trinajstić information content (AvgIpc) is 2.31. The third kappa shape index (κ3) is 4.12. The number of nitrogens with one attached hydrogen (secondary N) is 1. The molecule has 0 aliphatic heterocycles. The van der Waals surface area contributed by atoms with Gasteiger partial charge >= 0.3 is 113 Å². The van der Waals surface area contributed by atoms with E-state index >= 15 is 0 Å². The summed E-state index contributed by atoms with van der Waals surface area (Å²) in [6.07, 6.45) is 0.00169. The Morgan fingerprint density at radius 1 is 1.38 bits per heavy atom. The van der Waals surface area contributed by atoms with Crippen LogP contribution in [0.1, 0.15) is 0 Å². The van der Waals surface area contributed by atoms with E-state index in [1.807, 2.05) is 0 Å². The Bertz CT molecular complexity index is 403. The van der Waals surface area contributed by atoms with Crippen LogP contribution in [0.2, 0.25) is 3.93 Å². The van der Waals surface area contributed by atoms with Crippen LogP contribution in [0, 0.1) is 0 Å². The maximum absolute atomic E-state index is 11.8. The minimum atomic E-state index is -3.38. The SMILES string of the molecule is COC([CH2][Hg])CNS(=O)(=O)c1ccccc1. The van der Waals surface area contributed by atoms with Gasteiger partial charge in [-0.05, 0) is 0 Å². The van der Waals surface area contributed by atoms with E-state index in [4.69, 9.17) is 4.74 Å². The first-order valence-corrected chi connectivity index (χ1v) is 10.3. The van der Waals surface area contributed by atoms with Crippen molar-refractivity contribution in [3.05, 3.63) is 30.3 Å². The Hall–Kier alpha value is 0.0251. The van der Waals surface area contributed by atoms with Crippen molar-refractivity contribution in [2.75, 3.05) is 13.7 Å². The zero-order valence-corrected chi connectivity index (χ0v) is 15.5. The number of sulfonamides is 1. The zero-order valence-electron chi connectivity index (χ0n) is 9.22. The molecule has 1 N–H and O–H groups in total. The quantitative estimate of drug-likeness (QED) is 0.686. The Labute approximate surface area is 112 Å². The van der Waals surface area contributed by atoms with Gasteiger partial charge in [0.25, 0.3) is 0 Å². The molecule has 1 atom stereocenters. The molecule has 0 aliphatic carbocycles. The van der Waals surface area contributed by atoms with Crippen molar-refractivity contribution < 1.29 is 39.3 Å². The van der Waals surface area contributed by atoms with Gasteiger partial charge in [-0.1, -0.05) is 0 Å². The van der Waals surface area contributed by atoms with Crippen molar-refractivity contribution >= 4 is 10.0 Å². The van der Waals surface area contributed by atoms with Gasteiger partial charge in [0, 0.05) is 0 Å². The van der Waals surface area contributed by atoms with Crippen molar-refractivity contribution in [3.8, 4) is 0 Å². The van der Waals surface area contributed by atoms with E-state index < -0.39 is 10.0 Å². The average molecular weight is 429 g/mol. The van der Waals surface area contributed by atoms with Crippen LogP contribution in [0.4, 0.5) is 0 Å². The van der Waals surface area contributed by atoms with Gasteiger partial charge in [-0.25, -0.2) is 0 Å². The molecule has 1 aromatic carbocycles. The first kappa shape index (κ1) is 14.1. The third-order valence-corrected chi connectivity index (χ3v) is 6.15. The molecular weight excluding hydrogens is 415 g/mol. The molecule has 0 amide bonds. The van der Waals surface area contributed by atoms with Gasteiger partial charge in [0.05, 0.1) is 0 Å². The van der Waals surface area contributed by atoms with Crippen LogP contribution in [0.25, 0.3) is 0 Å². The second kappa shape index (κ2) is 6.69. The molecule has 0 aromatic heterocycles. The van der Waals surface area contributed by atoms with Gasteiger partial charge < -0.3 is 0 Å². The molecule has 1 aromatic rings. The third-order valence-electron chi connectivity index (χ3n) is 2.21. The van der Waals surface area contributed by atoms with Crippen LogP contribution >= 0.6 is 0 Å². The normalized spacial score (nSPS) is 13.7. The first-order chi connectivity index (χ1) is 7.60. The molecule has 1 unspecified atom stereocenters. The Morgan fingerprint density at radius 3 is 2.50 bits per heavy atom. The van der Waals surface area contributed by atoms with Gasteiger partial charge in [0.2, 0.25) is 0 Å². The predicted molar refractivity (Wildman–Crippen MR) is 57.2 cm³/mol. The molecule has 6 heteroatoms. The Morgan fingerprint density at radius 2 is 2.00 bits per heavy atom. The summed E-state index contributed by atoms with van der Waals surface area (Å²) in [5, 5.41) is 0. The molecule has 0 heterocycles. The second-order valence-corrected chi connectivity index (χ2v) is 7.32. The molecular formula is C10H14HgNO3S. The number of methoxy groups -OCH3 is 1. The van der Waals surface area contributed by atoms with Crippen molar-refractivity contribution in [1.82, 2.24) is 4.72 Å². The summed E-state index contributed by atoms with van der Waals surface area (Å²) in [5.74, 6) is 0. The molecule has 0 aliphatic rings. The number of ether oxygens (including phenoxy) is 1.